The molecule has 2 N–H and O–H groups in total. The van der Waals surface area contributed by atoms with Crippen LogP contribution < -0.4 is 10.1 Å². The Bertz CT molecular complexity index is 1350. The molecule has 0 aliphatic rings. The van der Waals surface area contributed by atoms with Crippen molar-refractivity contribution in [1.82, 2.24) is 14.6 Å². The molecule has 0 aliphatic carbocycles. The number of benzene rings is 2. The largest absolute Gasteiger partial charge is 0.478 e. The summed E-state index contributed by atoms with van der Waals surface area (Å²) in [5.74, 6) is -0.501. The molecule has 0 atom stereocenters. The van der Waals surface area contributed by atoms with Crippen molar-refractivity contribution in [3.05, 3.63) is 70.9 Å². The van der Waals surface area contributed by atoms with Crippen LogP contribution in [0.1, 0.15) is 22.3 Å². The molecule has 0 saturated carbocycles. The van der Waals surface area contributed by atoms with Gasteiger partial charge in [0.25, 0.3) is 0 Å². The van der Waals surface area contributed by atoms with E-state index in [0.717, 1.165) is 0 Å². The molecule has 4 rings (SSSR count). The Balaban J connectivity index is 1.77. The normalized spacial score (nSPS) is 11.6. The summed E-state index contributed by atoms with van der Waals surface area (Å²) in [5.41, 5.74) is 2.43. The zero-order valence-corrected chi connectivity index (χ0v) is 18.5. The van der Waals surface area contributed by atoms with E-state index >= 15 is 0 Å². The Labute approximate surface area is 196 Å². The Kier molecular flexibility index (Phi) is 6.34. The lowest BCUT2D eigenvalue weighted by Gasteiger charge is -2.13. The van der Waals surface area contributed by atoms with Crippen LogP contribution in [0.5, 0.6) is 11.6 Å². The van der Waals surface area contributed by atoms with E-state index in [2.05, 4.69) is 15.4 Å². The van der Waals surface area contributed by atoms with Crippen molar-refractivity contribution in [2.24, 2.45) is 0 Å². The fraction of sp³-hybridized carbons (Fsp3) is 0.174. The number of aromatic carboxylic acids is 1. The zero-order valence-electron chi connectivity index (χ0n) is 17.7. The highest BCUT2D eigenvalue weighted by Gasteiger charge is 2.26. The molecular formula is C23H18ClF3N4O3. The molecule has 0 saturated heterocycles. The number of anilines is 1. The third-order valence-corrected chi connectivity index (χ3v) is 5.21. The van der Waals surface area contributed by atoms with Crippen molar-refractivity contribution in [1.29, 1.82) is 0 Å². The van der Waals surface area contributed by atoms with Crippen LogP contribution in [-0.4, -0.2) is 38.4 Å². The van der Waals surface area contributed by atoms with Gasteiger partial charge in [-0.2, -0.15) is 13.2 Å². The fourth-order valence-electron chi connectivity index (χ4n) is 3.35. The van der Waals surface area contributed by atoms with E-state index < -0.39 is 18.6 Å². The summed E-state index contributed by atoms with van der Waals surface area (Å²) in [4.78, 5) is 15.7. The molecule has 0 aliphatic heterocycles. The molecule has 0 fully saturated rings. The number of hydrogen-bond donors (Lipinski definition) is 2. The van der Waals surface area contributed by atoms with E-state index in [9.17, 15) is 23.1 Å². The maximum atomic E-state index is 12.7. The van der Waals surface area contributed by atoms with Crippen molar-refractivity contribution < 1.29 is 27.8 Å². The number of aromatic nitrogens is 3. The molecule has 2 aromatic carbocycles. The summed E-state index contributed by atoms with van der Waals surface area (Å²) >= 11 is 5.91. The number of imidazole rings is 1. The number of aryl methyl sites for hydroxylation is 1. The average molecular weight is 491 g/mol. The third kappa shape index (κ3) is 5.23. The minimum atomic E-state index is -4.32. The van der Waals surface area contributed by atoms with Crippen LogP contribution in [0, 0.1) is 6.92 Å². The summed E-state index contributed by atoms with van der Waals surface area (Å²) in [6.07, 6.45) is -3.83. The van der Waals surface area contributed by atoms with Gasteiger partial charge >= 0.3 is 12.1 Å². The minimum absolute atomic E-state index is 0.113. The molecule has 2 heterocycles. The van der Waals surface area contributed by atoms with Crippen LogP contribution in [-0.2, 0) is 0 Å². The minimum Gasteiger partial charge on any atom is -0.478 e. The number of ether oxygens (including phenoxy) is 1. The molecule has 7 nitrogen and oxygen atoms in total. The quantitative estimate of drug-likeness (QED) is 0.320. The van der Waals surface area contributed by atoms with Gasteiger partial charge in [-0.15, -0.1) is 5.10 Å². The van der Waals surface area contributed by atoms with E-state index in [4.69, 9.17) is 16.3 Å². The first-order valence-electron chi connectivity index (χ1n) is 10.1. The number of fused-ring (bicyclic) bond motifs is 1. The second kappa shape index (κ2) is 9.22. The lowest BCUT2D eigenvalue weighted by atomic mass is 10.0. The maximum Gasteiger partial charge on any atom is 0.390 e. The molecule has 0 unspecified atom stereocenters. The Morgan fingerprint density at radius 1 is 1.18 bits per heavy atom. The van der Waals surface area contributed by atoms with Crippen LogP contribution in [0.15, 0.2) is 54.7 Å². The number of nitrogens with zero attached hydrogens (tertiary/aromatic N) is 3. The Morgan fingerprint density at radius 3 is 2.56 bits per heavy atom. The second-order valence-electron chi connectivity index (χ2n) is 7.46. The highest BCUT2D eigenvalue weighted by molar-refractivity contribution is 6.30. The number of rotatable bonds is 7. The lowest BCUT2D eigenvalue weighted by molar-refractivity contribution is -0.131. The SMILES string of the molecule is Cc1cc(-c2cnc3c(NCCC(F)(F)F)cc(Oc4ccc(Cl)cc4)nn23)ccc1C(=O)O. The first-order valence-corrected chi connectivity index (χ1v) is 10.5. The van der Waals surface area contributed by atoms with E-state index in [1.165, 1.54) is 22.8 Å². The smallest absolute Gasteiger partial charge is 0.390 e. The summed E-state index contributed by atoms with van der Waals surface area (Å²) in [7, 11) is 0. The molecule has 0 bridgehead atoms. The molecule has 0 radical (unpaired) electrons. The van der Waals surface area contributed by atoms with Crippen molar-refractivity contribution >= 4 is 28.9 Å². The molecule has 2 aromatic heterocycles. The summed E-state index contributed by atoms with van der Waals surface area (Å²) in [6, 6.07) is 12.8. The van der Waals surface area contributed by atoms with Crippen LogP contribution in [0.2, 0.25) is 5.02 Å². The lowest BCUT2D eigenvalue weighted by Crippen LogP contribution is -2.15. The molecule has 176 valence electrons. The van der Waals surface area contributed by atoms with E-state index in [0.29, 0.717) is 38.9 Å². The topological polar surface area (TPSA) is 88.8 Å². The number of halogens is 4. The molecule has 34 heavy (non-hydrogen) atoms. The Morgan fingerprint density at radius 2 is 1.91 bits per heavy atom. The van der Waals surface area contributed by atoms with Crippen LogP contribution >= 0.6 is 11.6 Å². The molecular weight excluding hydrogens is 473 g/mol. The highest BCUT2D eigenvalue weighted by Crippen LogP contribution is 2.30. The second-order valence-corrected chi connectivity index (χ2v) is 7.89. The number of carboxylic acid groups (broad SMARTS) is 1. The first kappa shape index (κ1) is 23.4. The average Bonchev–Trinajstić information content (AvgIpc) is 3.18. The van der Waals surface area contributed by atoms with Gasteiger partial charge in [0.2, 0.25) is 5.88 Å². The monoisotopic (exact) mass is 490 g/mol. The maximum absolute atomic E-state index is 12.7. The molecule has 0 amide bonds. The summed E-state index contributed by atoms with van der Waals surface area (Å²) in [6.45, 7) is 1.31. The van der Waals surface area contributed by atoms with Crippen molar-refractivity contribution in [2.45, 2.75) is 19.5 Å². The van der Waals surface area contributed by atoms with Crippen molar-refractivity contribution in [2.75, 3.05) is 11.9 Å². The van der Waals surface area contributed by atoms with Gasteiger partial charge < -0.3 is 15.2 Å². The van der Waals surface area contributed by atoms with Gasteiger partial charge in [0.05, 0.1) is 29.6 Å². The number of carboxylic acids is 1. The zero-order chi connectivity index (χ0) is 24.5. The molecule has 0 spiro atoms. The number of alkyl halides is 3. The summed E-state index contributed by atoms with van der Waals surface area (Å²) < 4.78 is 45.3. The first-order chi connectivity index (χ1) is 16.1. The predicted molar refractivity (Wildman–Crippen MR) is 121 cm³/mol. The summed E-state index contributed by atoms with van der Waals surface area (Å²) in [5, 5.41) is 17.0. The standard InChI is InChI=1S/C23H18ClF3N4O3/c1-13-10-14(2-7-17(13)22(32)33)19-12-29-21-18(28-9-8-23(25,26)27)11-20(30-31(19)21)34-16-5-3-15(24)4-6-16/h2-7,10-12,28H,8-9H2,1H3,(H,32,33). The van der Waals surface area contributed by atoms with Gasteiger partial charge in [-0.05, 0) is 48.9 Å². The molecule has 11 heteroatoms. The fourth-order valence-corrected chi connectivity index (χ4v) is 3.47. The number of carbonyl (C=O) groups is 1. The Hall–Kier alpha value is -3.79. The predicted octanol–water partition coefficient (Wildman–Crippen LogP) is 6.21. The van der Waals surface area contributed by atoms with Crippen LogP contribution in [0.25, 0.3) is 16.9 Å². The van der Waals surface area contributed by atoms with Crippen molar-refractivity contribution in [3.8, 4) is 22.9 Å². The molecule has 4 aromatic rings. The van der Waals surface area contributed by atoms with Gasteiger partial charge in [0, 0.05) is 23.2 Å². The third-order valence-electron chi connectivity index (χ3n) is 4.96. The van der Waals surface area contributed by atoms with Gasteiger partial charge in [-0.1, -0.05) is 17.7 Å². The highest BCUT2D eigenvalue weighted by atomic mass is 35.5. The van der Waals surface area contributed by atoms with Crippen molar-refractivity contribution in [3.63, 3.8) is 0 Å². The van der Waals surface area contributed by atoms with Gasteiger partial charge in [0.1, 0.15) is 5.75 Å². The number of hydrogen-bond acceptors (Lipinski definition) is 5. The van der Waals surface area contributed by atoms with Crippen LogP contribution in [0.3, 0.4) is 0 Å². The van der Waals surface area contributed by atoms with E-state index in [1.54, 1.807) is 43.3 Å². The van der Waals surface area contributed by atoms with E-state index in [1.807, 2.05) is 0 Å². The van der Waals surface area contributed by atoms with Gasteiger partial charge in [0.15, 0.2) is 5.65 Å². The van der Waals surface area contributed by atoms with E-state index in [-0.39, 0.29) is 18.0 Å². The van der Waals surface area contributed by atoms with Gasteiger partial charge in [-0.25, -0.2) is 14.3 Å². The number of nitrogens with one attached hydrogen (secondary N) is 1. The van der Waals surface area contributed by atoms with Crippen LogP contribution in [0.4, 0.5) is 18.9 Å². The van der Waals surface area contributed by atoms with Gasteiger partial charge in [-0.3, -0.25) is 0 Å².